The van der Waals surface area contributed by atoms with E-state index in [2.05, 4.69) is 0 Å². The van der Waals surface area contributed by atoms with Crippen LogP contribution in [0.25, 0.3) is 44.5 Å². The maximum Gasteiger partial charge on any atom is 0.404 e. The van der Waals surface area contributed by atoms with E-state index >= 15 is 0 Å². The molecule has 8 aromatic carbocycles. The van der Waals surface area contributed by atoms with Gasteiger partial charge in [0.05, 0.1) is 17.4 Å². The summed E-state index contributed by atoms with van der Waals surface area (Å²) in [6.07, 6.45) is -3.69. The molecule has 2 N–H and O–H groups in total. The molecule has 16 heteroatoms. The third-order valence-electron chi connectivity index (χ3n) is 15.2. The number of aliphatic hydroxyl groups is 1. The summed E-state index contributed by atoms with van der Waals surface area (Å²) in [6.45, 7) is 14.1. The van der Waals surface area contributed by atoms with Gasteiger partial charge in [0.2, 0.25) is 0 Å². The summed E-state index contributed by atoms with van der Waals surface area (Å²) in [5.74, 6) is -1.09. The van der Waals surface area contributed by atoms with Gasteiger partial charge in [-0.3, -0.25) is 24.5 Å². The number of aromatic hydroxyl groups is 1. The van der Waals surface area contributed by atoms with Crippen LogP contribution in [-0.4, -0.2) is 57.3 Å². The molecular weight excluding hydrogens is 1120 g/mol. The summed E-state index contributed by atoms with van der Waals surface area (Å²) in [6, 6.07) is 64.3. The zero-order chi connectivity index (χ0) is 64.0. The van der Waals surface area contributed by atoms with Crippen molar-refractivity contribution in [1.82, 2.24) is 0 Å². The number of phenols is 1. The van der Waals surface area contributed by atoms with Crippen LogP contribution in [0.5, 0.6) is 28.7 Å². The Kier molecular flexibility index (Phi) is 24.5. The summed E-state index contributed by atoms with van der Waals surface area (Å²) in [4.78, 5) is 58.4. The van der Waals surface area contributed by atoms with E-state index in [-0.39, 0.29) is 36.9 Å². The number of benzene rings is 8. The van der Waals surface area contributed by atoms with Crippen LogP contribution in [0.1, 0.15) is 88.0 Å². The monoisotopic (exact) mass is 1190 g/mol. The van der Waals surface area contributed by atoms with E-state index in [4.69, 9.17) is 18.9 Å². The standard InChI is InChI=1S/C18H17F3O2.2C18H20O3.C17H17NO4/c1-3-17(2,18(19,20)21)16(22)23-15-11-9-14(10-12-15)13-7-5-4-6-8-13;1-4-18(2,3)17(20)21-16-11-7-14(8-12-16)13-5-9-15(19)10-6-13;1-3-18(2,13-19)17(20)21-16-11-9-15(10-12-16)14-7-5-4-6-8-14;1-3-17(2,18(20)21)16(19)22-15-11-9-14(10-12-15)13-7-5-4-6-8-13/h4-12H,3H2,1-2H3;5-12,19H,4H2,1-3H3;4-12,19H,3,13H2,1-2H3;4-12H,3H2,1-2H3. The molecule has 87 heavy (non-hydrogen) atoms. The maximum absolute atomic E-state index is 13.0. The second kappa shape index (κ2) is 31.1. The van der Waals surface area contributed by atoms with Crippen molar-refractivity contribution in [2.75, 3.05) is 6.61 Å². The lowest BCUT2D eigenvalue weighted by Crippen LogP contribution is -2.45. The van der Waals surface area contributed by atoms with Gasteiger partial charge >= 0.3 is 35.6 Å². The number of halogens is 3. The van der Waals surface area contributed by atoms with Crippen LogP contribution >= 0.6 is 0 Å². The summed E-state index contributed by atoms with van der Waals surface area (Å²) in [5.41, 5.74) is 2.51. The van der Waals surface area contributed by atoms with Crippen LogP contribution in [0.2, 0.25) is 0 Å². The topological polar surface area (TPSA) is 189 Å². The van der Waals surface area contributed by atoms with E-state index in [1.165, 1.54) is 26.0 Å². The number of hydrogen-bond donors (Lipinski definition) is 2. The third kappa shape index (κ3) is 18.8. The fraction of sp³-hybridized carbons (Fsp3) is 0.268. The molecule has 0 heterocycles. The summed E-state index contributed by atoms with van der Waals surface area (Å²) in [5, 5.41) is 29.6. The molecule has 0 aliphatic carbocycles. The molecule has 0 spiro atoms. The predicted molar refractivity (Wildman–Crippen MR) is 331 cm³/mol. The van der Waals surface area contributed by atoms with E-state index in [9.17, 15) is 52.7 Å². The Labute approximate surface area is 506 Å². The lowest BCUT2D eigenvalue weighted by Gasteiger charge is -2.28. The zero-order valence-electron chi connectivity index (χ0n) is 50.3. The van der Waals surface area contributed by atoms with E-state index < -0.39 is 50.8 Å². The minimum atomic E-state index is -4.65. The first-order valence-corrected chi connectivity index (χ1v) is 28.3. The molecule has 8 rings (SSSR count). The highest BCUT2D eigenvalue weighted by molar-refractivity contribution is 5.82. The lowest BCUT2D eigenvalue weighted by atomic mass is 9.87. The summed E-state index contributed by atoms with van der Waals surface area (Å²) in [7, 11) is 0. The van der Waals surface area contributed by atoms with Gasteiger partial charge in [-0.05, 0) is 152 Å². The van der Waals surface area contributed by atoms with Crippen molar-refractivity contribution in [3.8, 4) is 73.3 Å². The highest BCUT2D eigenvalue weighted by Gasteiger charge is 2.57. The van der Waals surface area contributed by atoms with Crippen LogP contribution in [0.4, 0.5) is 13.2 Å². The van der Waals surface area contributed by atoms with Gasteiger partial charge in [0.1, 0.15) is 28.7 Å². The second-order valence-corrected chi connectivity index (χ2v) is 21.7. The van der Waals surface area contributed by atoms with Gasteiger partial charge in [0.15, 0.2) is 5.41 Å². The van der Waals surface area contributed by atoms with Crippen molar-refractivity contribution in [1.29, 1.82) is 0 Å². The number of carbonyl (C=O) groups excluding carboxylic acids is 4. The first kappa shape index (κ1) is 68.4. The van der Waals surface area contributed by atoms with Crippen LogP contribution in [-0.2, 0) is 19.2 Å². The minimum Gasteiger partial charge on any atom is -0.508 e. The Morgan fingerprint density at radius 3 is 0.954 bits per heavy atom. The molecule has 0 fully saturated rings. The number of hydrogen-bond acceptors (Lipinski definition) is 12. The molecule has 0 bridgehead atoms. The fourth-order valence-corrected chi connectivity index (χ4v) is 7.59. The van der Waals surface area contributed by atoms with Crippen LogP contribution in [0.15, 0.2) is 212 Å². The number of carbonyl (C=O) groups is 4. The Balaban J connectivity index is 0.000000212. The molecule has 0 saturated heterocycles. The van der Waals surface area contributed by atoms with E-state index in [0.717, 1.165) is 57.9 Å². The summed E-state index contributed by atoms with van der Waals surface area (Å²) >= 11 is 0. The minimum absolute atomic E-state index is 0.0704. The Morgan fingerprint density at radius 2 is 0.690 bits per heavy atom. The maximum atomic E-state index is 13.0. The first-order valence-electron chi connectivity index (χ1n) is 28.3. The van der Waals surface area contributed by atoms with Gasteiger partial charge in [-0.15, -0.1) is 0 Å². The molecule has 3 atom stereocenters. The average molecular weight is 1190 g/mol. The number of ether oxygens (including phenoxy) is 4. The van der Waals surface area contributed by atoms with Gasteiger partial charge in [-0.1, -0.05) is 179 Å². The molecule has 0 radical (unpaired) electrons. The van der Waals surface area contributed by atoms with Crippen LogP contribution < -0.4 is 18.9 Å². The molecule has 13 nitrogen and oxygen atoms in total. The van der Waals surface area contributed by atoms with Crippen LogP contribution in [0, 0.1) is 26.4 Å². The molecule has 0 amide bonds. The molecule has 0 aliphatic rings. The number of aliphatic hydroxyl groups excluding tert-OH is 1. The van der Waals surface area contributed by atoms with Gasteiger partial charge in [-0.25, -0.2) is 4.79 Å². The Hall–Kier alpha value is -9.41. The SMILES string of the molecule is CCC(C)(C(=O)Oc1ccc(-c2ccccc2)cc1)C(F)(F)F.CCC(C)(C(=O)Oc1ccc(-c2ccccc2)cc1)[N+](=O)[O-].CCC(C)(C)C(=O)Oc1ccc(-c2ccc(O)cc2)cc1.CCC(C)(CO)C(=O)Oc1ccc(-c2ccccc2)cc1. The number of esters is 4. The number of phenolic OH excluding ortho intramolecular Hbond substituents is 1. The van der Waals surface area contributed by atoms with Crippen molar-refractivity contribution < 1.29 is 66.4 Å². The molecule has 0 saturated carbocycles. The van der Waals surface area contributed by atoms with E-state index in [1.54, 1.807) is 74.5 Å². The van der Waals surface area contributed by atoms with E-state index in [0.29, 0.717) is 23.7 Å². The largest absolute Gasteiger partial charge is 0.508 e. The lowest BCUT2D eigenvalue weighted by molar-refractivity contribution is -0.550. The van der Waals surface area contributed by atoms with Gasteiger partial charge in [-0.2, -0.15) is 13.2 Å². The highest BCUT2D eigenvalue weighted by atomic mass is 19.4. The highest BCUT2D eigenvalue weighted by Crippen LogP contribution is 2.42. The molecule has 0 aliphatic heterocycles. The van der Waals surface area contributed by atoms with Gasteiger partial charge in [0, 0.05) is 18.3 Å². The van der Waals surface area contributed by atoms with Gasteiger partial charge in [0.25, 0.3) is 0 Å². The number of rotatable bonds is 18. The van der Waals surface area contributed by atoms with Crippen molar-refractivity contribution in [3.63, 3.8) is 0 Å². The first-order chi connectivity index (χ1) is 41.3. The van der Waals surface area contributed by atoms with Crippen molar-refractivity contribution in [2.24, 2.45) is 16.2 Å². The Bertz CT molecular complexity index is 3470. The molecular formula is C71H74F3NO12. The van der Waals surface area contributed by atoms with Crippen molar-refractivity contribution in [3.05, 3.63) is 222 Å². The van der Waals surface area contributed by atoms with E-state index in [1.807, 2.05) is 167 Å². The van der Waals surface area contributed by atoms with Crippen molar-refractivity contribution in [2.45, 2.75) is 99.7 Å². The molecule has 3 unspecified atom stereocenters. The predicted octanol–water partition coefficient (Wildman–Crippen LogP) is 17.0. The second-order valence-electron chi connectivity index (χ2n) is 21.7. The number of nitrogens with zero attached hydrogens (tertiary/aromatic N) is 1. The zero-order valence-corrected chi connectivity index (χ0v) is 50.3. The number of alkyl halides is 3. The van der Waals surface area contributed by atoms with Crippen LogP contribution in [0.3, 0.4) is 0 Å². The Morgan fingerprint density at radius 1 is 0.402 bits per heavy atom. The molecule has 0 aromatic heterocycles. The molecule has 8 aromatic rings. The number of nitro groups is 1. The van der Waals surface area contributed by atoms with Crippen molar-refractivity contribution >= 4 is 23.9 Å². The average Bonchev–Trinajstić information content (AvgIpc) is 3.74. The quantitative estimate of drug-likeness (QED) is 0.0358. The van der Waals surface area contributed by atoms with Gasteiger partial charge < -0.3 is 29.2 Å². The smallest absolute Gasteiger partial charge is 0.404 e. The fourth-order valence-electron chi connectivity index (χ4n) is 7.59. The normalized spacial score (nSPS) is 13.0. The summed E-state index contributed by atoms with van der Waals surface area (Å²) < 4.78 is 60.0. The third-order valence-corrected chi connectivity index (χ3v) is 15.2. The molecule has 456 valence electrons.